The van der Waals surface area contributed by atoms with E-state index in [1.807, 2.05) is 16.0 Å². The second-order valence-corrected chi connectivity index (χ2v) is 9.48. The molecule has 0 N–H and O–H groups in total. The Kier molecular flexibility index (Phi) is 4.83. The van der Waals surface area contributed by atoms with E-state index in [2.05, 4.69) is 70.9 Å². The lowest BCUT2D eigenvalue weighted by molar-refractivity contribution is 0.0888. The van der Waals surface area contributed by atoms with Crippen LogP contribution in [0.25, 0.3) is 0 Å². The summed E-state index contributed by atoms with van der Waals surface area (Å²) in [6, 6.07) is 15.3. The van der Waals surface area contributed by atoms with Crippen LogP contribution in [-0.4, -0.2) is 39.2 Å². The number of aromatic nitrogens is 2. The summed E-state index contributed by atoms with van der Waals surface area (Å²) < 4.78 is 2.03. The van der Waals surface area contributed by atoms with Crippen molar-refractivity contribution in [2.24, 2.45) is 7.05 Å². The smallest absolute Gasteiger partial charge is 0.0744 e. The number of piperidine rings is 1. The van der Waals surface area contributed by atoms with Crippen molar-refractivity contribution in [3.63, 3.8) is 0 Å². The summed E-state index contributed by atoms with van der Waals surface area (Å²) in [5, 5.41) is 7.13. The number of benzene rings is 1. The van der Waals surface area contributed by atoms with Gasteiger partial charge in [-0.05, 0) is 42.9 Å². The van der Waals surface area contributed by atoms with Crippen LogP contribution in [0.15, 0.2) is 54.0 Å². The molecule has 1 saturated heterocycles. The van der Waals surface area contributed by atoms with Gasteiger partial charge in [-0.25, -0.2) is 0 Å². The first-order valence-electron chi connectivity index (χ1n) is 10.2. The predicted molar refractivity (Wildman–Crippen MR) is 114 cm³/mol. The summed E-state index contributed by atoms with van der Waals surface area (Å²) >= 11 is 1.87. The SMILES string of the molecule is Cn1cc2c(n1)C1(CCN(Cc3ccccc3)CC1)CN(Cc1cccs1)C2. The Bertz CT molecular complexity index is 907. The third kappa shape index (κ3) is 3.54. The number of aryl methyl sites for hydroxylation is 1. The van der Waals surface area contributed by atoms with Crippen molar-refractivity contribution in [2.45, 2.75) is 37.9 Å². The molecule has 1 aromatic carbocycles. The van der Waals surface area contributed by atoms with Crippen molar-refractivity contribution in [3.8, 4) is 0 Å². The number of nitrogens with zero attached hydrogens (tertiary/aromatic N) is 4. The van der Waals surface area contributed by atoms with Gasteiger partial charge in [0.15, 0.2) is 0 Å². The van der Waals surface area contributed by atoms with Gasteiger partial charge < -0.3 is 0 Å². The molecule has 1 spiro atoms. The maximum Gasteiger partial charge on any atom is 0.0744 e. The van der Waals surface area contributed by atoms with Crippen molar-refractivity contribution >= 4 is 11.3 Å². The Morgan fingerprint density at radius 1 is 1.00 bits per heavy atom. The van der Waals surface area contributed by atoms with E-state index in [0.717, 1.165) is 39.3 Å². The van der Waals surface area contributed by atoms with E-state index < -0.39 is 0 Å². The molecule has 1 fully saturated rings. The highest BCUT2D eigenvalue weighted by Gasteiger charge is 2.44. The minimum Gasteiger partial charge on any atom is -0.299 e. The Labute approximate surface area is 171 Å². The van der Waals surface area contributed by atoms with Crippen molar-refractivity contribution in [3.05, 3.63) is 75.7 Å². The average molecular weight is 393 g/mol. The molecule has 0 amide bonds. The summed E-state index contributed by atoms with van der Waals surface area (Å²) in [4.78, 5) is 6.72. The lowest BCUT2D eigenvalue weighted by Gasteiger charge is -2.46. The van der Waals surface area contributed by atoms with Crippen LogP contribution in [0.2, 0.25) is 0 Å². The van der Waals surface area contributed by atoms with Gasteiger partial charge in [0.2, 0.25) is 0 Å². The first-order valence-corrected chi connectivity index (χ1v) is 11.1. The monoisotopic (exact) mass is 392 g/mol. The highest BCUT2D eigenvalue weighted by molar-refractivity contribution is 7.09. The zero-order valence-electron chi connectivity index (χ0n) is 16.6. The fourth-order valence-electron chi connectivity index (χ4n) is 5.01. The van der Waals surface area contributed by atoms with Crippen LogP contribution in [0.4, 0.5) is 0 Å². The van der Waals surface area contributed by atoms with Gasteiger partial charge in [0.25, 0.3) is 0 Å². The van der Waals surface area contributed by atoms with Gasteiger partial charge in [-0.1, -0.05) is 36.4 Å². The molecule has 0 saturated carbocycles. The lowest BCUT2D eigenvalue weighted by atomic mass is 9.72. The topological polar surface area (TPSA) is 24.3 Å². The molecule has 3 aromatic rings. The summed E-state index contributed by atoms with van der Waals surface area (Å²) in [5.74, 6) is 0. The molecule has 2 aliphatic rings. The van der Waals surface area contributed by atoms with Crippen LogP contribution in [0, 0.1) is 0 Å². The van der Waals surface area contributed by atoms with Crippen LogP contribution < -0.4 is 0 Å². The van der Waals surface area contributed by atoms with Crippen LogP contribution in [-0.2, 0) is 32.1 Å². The second kappa shape index (κ2) is 7.47. The third-order valence-electron chi connectivity index (χ3n) is 6.35. The van der Waals surface area contributed by atoms with E-state index in [9.17, 15) is 0 Å². The molecule has 146 valence electrons. The lowest BCUT2D eigenvalue weighted by Crippen LogP contribution is -2.51. The average Bonchev–Trinajstić information content (AvgIpc) is 3.34. The largest absolute Gasteiger partial charge is 0.299 e. The number of hydrogen-bond acceptors (Lipinski definition) is 4. The minimum atomic E-state index is 0.208. The van der Waals surface area contributed by atoms with Crippen molar-refractivity contribution < 1.29 is 0 Å². The Morgan fingerprint density at radius 3 is 2.57 bits per heavy atom. The minimum absolute atomic E-state index is 0.208. The number of fused-ring (bicyclic) bond motifs is 2. The summed E-state index contributed by atoms with van der Waals surface area (Å²) in [6.45, 7) is 6.58. The van der Waals surface area contributed by atoms with E-state index in [1.165, 1.54) is 34.5 Å². The maximum absolute atomic E-state index is 4.94. The molecular formula is C23H28N4S. The Balaban J connectivity index is 1.34. The van der Waals surface area contributed by atoms with Crippen LogP contribution in [0.1, 0.15) is 34.5 Å². The molecule has 2 aliphatic heterocycles. The van der Waals surface area contributed by atoms with Crippen LogP contribution >= 0.6 is 11.3 Å². The molecule has 0 unspecified atom stereocenters. The predicted octanol–water partition coefficient (Wildman–Crippen LogP) is 4.03. The number of hydrogen-bond donors (Lipinski definition) is 0. The maximum atomic E-state index is 4.94. The quantitative estimate of drug-likeness (QED) is 0.670. The zero-order valence-corrected chi connectivity index (χ0v) is 17.4. The highest BCUT2D eigenvalue weighted by Crippen LogP contribution is 2.41. The molecule has 2 aromatic heterocycles. The molecular weight excluding hydrogens is 364 g/mol. The fraction of sp³-hybridized carbons (Fsp3) is 0.435. The zero-order chi connectivity index (χ0) is 19.0. The van der Waals surface area contributed by atoms with E-state index in [-0.39, 0.29) is 5.41 Å². The molecule has 5 rings (SSSR count). The normalized spacial score (nSPS) is 19.8. The first kappa shape index (κ1) is 18.1. The fourth-order valence-corrected chi connectivity index (χ4v) is 5.76. The van der Waals surface area contributed by atoms with Gasteiger partial charge in [-0.15, -0.1) is 11.3 Å². The standard InChI is InChI=1S/C23H28N4S/c1-25-15-20-16-27(17-21-8-5-13-28-21)18-23(22(20)24-25)9-11-26(12-10-23)14-19-6-3-2-4-7-19/h2-8,13,15H,9-12,14,16-18H2,1H3. The Morgan fingerprint density at radius 2 is 1.82 bits per heavy atom. The third-order valence-corrected chi connectivity index (χ3v) is 7.21. The van der Waals surface area contributed by atoms with Gasteiger partial charge >= 0.3 is 0 Å². The van der Waals surface area contributed by atoms with E-state index in [0.29, 0.717) is 0 Å². The van der Waals surface area contributed by atoms with Gasteiger partial charge in [-0.2, -0.15) is 5.10 Å². The number of likely N-dealkylation sites (tertiary alicyclic amines) is 1. The number of rotatable bonds is 4. The van der Waals surface area contributed by atoms with Gasteiger partial charge in [0, 0.05) is 55.3 Å². The van der Waals surface area contributed by atoms with E-state index in [1.54, 1.807) is 0 Å². The summed E-state index contributed by atoms with van der Waals surface area (Å²) in [6.07, 6.45) is 4.64. The van der Waals surface area contributed by atoms with Gasteiger partial charge in [-0.3, -0.25) is 14.5 Å². The molecule has 0 atom stereocenters. The second-order valence-electron chi connectivity index (χ2n) is 8.44. The van der Waals surface area contributed by atoms with Crippen molar-refractivity contribution in [2.75, 3.05) is 19.6 Å². The first-order chi connectivity index (χ1) is 13.7. The number of thiophene rings is 1. The Hall–Kier alpha value is -1.95. The van der Waals surface area contributed by atoms with Crippen LogP contribution in [0.5, 0.6) is 0 Å². The van der Waals surface area contributed by atoms with Crippen molar-refractivity contribution in [1.82, 2.24) is 19.6 Å². The van der Waals surface area contributed by atoms with Crippen LogP contribution in [0.3, 0.4) is 0 Å². The summed E-state index contributed by atoms with van der Waals surface area (Å²) in [7, 11) is 2.07. The molecule has 0 bridgehead atoms. The van der Waals surface area contributed by atoms with Gasteiger partial charge in [0.05, 0.1) is 5.69 Å². The molecule has 0 aliphatic carbocycles. The summed E-state index contributed by atoms with van der Waals surface area (Å²) in [5.41, 5.74) is 4.43. The molecule has 0 radical (unpaired) electrons. The van der Waals surface area contributed by atoms with Gasteiger partial charge in [0.1, 0.15) is 0 Å². The van der Waals surface area contributed by atoms with Crippen molar-refractivity contribution in [1.29, 1.82) is 0 Å². The molecule has 5 heteroatoms. The molecule has 4 heterocycles. The van der Waals surface area contributed by atoms with E-state index >= 15 is 0 Å². The van der Waals surface area contributed by atoms with E-state index in [4.69, 9.17) is 5.10 Å². The molecule has 28 heavy (non-hydrogen) atoms. The highest BCUT2D eigenvalue weighted by atomic mass is 32.1. The molecule has 4 nitrogen and oxygen atoms in total.